The van der Waals surface area contributed by atoms with Crippen LogP contribution < -0.4 is 10.1 Å². The molecule has 122 valence electrons. The fourth-order valence-corrected chi connectivity index (χ4v) is 2.29. The third-order valence-electron chi connectivity index (χ3n) is 3.63. The molecule has 23 heavy (non-hydrogen) atoms. The lowest BCUT2D eigenvalue weighted by Gasteiger charge is -2.10. The highest BCUT2D eigenvalue weighted by molar-refractivity contribution is 5.86. The van der Waals surface area contributed by atoms with Crippen molar-refractivity contribution in [1.82, 2.24) is 10.3 Å². The van der Waals surface area contributed by atoms with Gasteiger partial charge in [-0.25, -0.2) is 4.98 Å². The van der Waals surface area contributed by atoms with Crippen LogP contribution >= 0.6 is 0 Å². The Balaban J connectivity index is 2.32. The molecule has 2 aromatic rings. The molecule has 0 fully saturated rings. The summed E-state index contributed by atoms with van der Waals surface area (Å²) in [6, 6.07) is 8.06. The van der Waals surface area contributed by atoms with E-state index in [2.05, 4.69) is 18.0 Å². The van der Waals surface area contributed by atoms with Gasteiger partial charge in [-0.1, -0.05) is 12.6 Å². The van der Waals surface area contributed by atoms with Crippen molar-refractivity contribution in [1.29, 1.82) is 0 Å². The Morgan fingerprint density at radius 3 is 2.78 bits per heavy atom. The normalized spacial score (nSPS) is 11.6. The van der Waals surface area contributed by atoms with E-state index in [1.165, 1.54) is 0 Å². The second kappa shape index (κ2) is 7.79. The van der Waals surface area contributed by atoms with Gasteiger partial charge in [0.05, 0.1) is 17.8 Å². The zero-order valence-electron chi connectivity index (χ0n) is 14.3. The number of fused-ring (bicyclic) bond motifs is 1. The Morgan fingerprint density at radius 1 is 1.30 bits per heavy atom. The van der Waals surface area contributed by atoms with Crippen LogP contribution in [-0.2, 0) is 4.74 Å². The lowest BCUT2D eigenvalue weighted by atomic mass is 10.1. The maximum atomic E-state index is 5.69. The number of methoxy groups -OCH3 is 1. The minimum Gasteiger partial charge on any atom is -0.491 e. The molecule has 1 N–H and O–H groups in total. The zero-order chi connectivity index (χ0) is 16.8. The van der Waals surface area contributed by atoms with E-state index in [9.17, 15) is 0 Å². The number of rotatable bonds is 7. The highest BCUT2D eigenvalue weighted by atomic mass is 16.5. The molecule has 1 heterocycles. The average Bonchev–Trinajstić information content (AvgIpc) is 2.54. The highest BCUT2D eigenvalue weighted by Crippen LogP contribution is 2.25. The van der Waals surface area contributed by atoms with Crippen molar-refractivity contribution >= 4 is 16.5 Å². The van der Waals surface area contributed by atoms with Gasteiger partial charge in [0.25, 0.3) is 0 Å². The molecule has 0 aliphatic heterocycles. The summed E-state index contributed by atoms with van der Waals surface area (Å²) in [7, 11) is 3.56. The van der Waals surface area contributed by atoms with Gasteiger partial charge in [-0.2, -0.15) is 0 Å². The van der Waals surface area contributed by atoms with E-state index in [0.29, 0.717) is 13.2 Å². The molecular formula is C19H24N2O2. The SMILES string of the molecule is C=C(/C=C(\C)NC)c1ccc2cc(OCCOC)cc(C)c2n1. The van der Waals surface area contributed by atoms with Crippen molar-refractivity contribution < 1.29 is 9.47 Å². The Kier molecular flexibility index (Phi) is 5.77. The smallest absolute Gasteiger partial charge is 0.120 e. The predicted molar refractivity (Wildman–Crippen MR) is 95.7 cm³/mol. The number of ether oxygens (including phenoxy) is 2. The van der Waals surface area contributed by atoms with Crippen LogP contribution in [0.5, 0.6) is 5.75 Å². The van der Waals surface area contributed by atoms with Crippen molar-refractivity contribution in [2.45, 2.75) is 13.8 Å². The summed E-state index contributed by atoms with van der Waals surface area (Å²) in [5.41, 5.74) is 4.87. The Labute approximate surface area is 137 Å². The van der Waals surface area contributed by atoms with E-state index < -0.39 is 0 Å². The van der Waals surface area contributed by atoms with Gasteiger partial charge in [0.2, 0.25) is 0 Å². The third kappa shape index (κ3) is 4.33. The molecule has 0 radical (unpaired) electrons. The van der Waals surface area contributed by atoms with Crippen LogP contribution in [0.2, 0.25) is 0 Å². The van der Waals surface area contributed by atoms with Crippen LogP contribution in [0.4, 0.5) is 0 Å². The predicted octanol–water partition coefficient (Wildman–Crippen LogP) is 3.70. The first-order chi connectivity index (χ1) is 11.0. The van der Waals surface area contributed by atoms with Gasteiger partial charge in [0.15, 0.2) is 0 Å². The molecule has 4 nitrogen and oxygen atoms in total. The number of nitrogens with one attached hydrogen (secondary N) is 1. The highest BCUT2D eigenvalue weighted by Gasteiger charge is 2.06. The Bertz CT molecular complexity index is 735. The van der Waals surface area contributed by atoms with Crippen LogP contribution in [0.15, 0.2) is 42.6 Å². The molecule has 0 saturated heterocycles. The molecule has 0 amide bonds. The van der Waals surface area contributed by atoms with Crippen LogP contribution in [0.1, 0.15) is 18.2 Å². The minimum absolute atomic E-state index is 0.540. The maximum absolute atomic E-state index is 5.69. The van der Waals surface area contributed by atoms with Crippen molar-refractivity contribution in [2.75, 3.05) is 27.4 Å². The number of nitrogens with zero attached hydrogens (tertiary/aromatic N) is 1. The van der Waals surface area contributed by atoms with Gasteiger partial charge in [-0.05, 0) is 49.3 Å². The van der Waals surface area contributed by atoms with E-state index in [4.69, 9.17) is 14.5 Å². The molecule has 0 saturated carbocycles. The van der Waals surface area contributed by atoms with Crippen LogP contribution in [0, 0.1) is 6.92 Å². The molecule has 0 atom stereocenters. The lowest BCUT2D eigenvalue weighted by molar-refractivity contribution is 0.146. The second-order valence-corrected chi connectivity index (χ2v) is 5.45. The molecule has 0 aliphatic rings. The summed E-state index contributed by atoms with van der Waals surface area (Å²) >= 11 is 0. The van der Waals surface area contributed by atoms with Gasteiger partial charge in [-0.15, -0.1) is 0 Å². The van der Waals surface area contributed by atoms with E-state index in [1.807, 2.05) is 45.2 Å². The van der Waals surface area contributed by atoms with Crippen molar-refractivity contribution in [3.63, 3.8) is 0 Å². The fraction of sp³-hybridized carbons (Fsp3) is 0.316. The lowest BCUT2D eigenvalue weighted by Crippen LogP contribution is -2.04. The monoisotopic (exact) mass is 312 g/mol. The summed E-state index contributed by atoms with van der Waals surface area (Å²) in [4.78, 5) is 4.75. The summed E-state index contributed by atoms with van der Waals surface area (Å²) in [6.45, 7) is 9.26. The topological polar surface area (TPSA) is 43.4 Å². The summed E-state index contributed by atoms with van der Waals surface area (Å²) in [6.07, 6.45) is 1.99. The number of hydrogen-bond acceptors (Lipinski definition) is 4. The maximum Gasteiger partial charge on any atom is 0.120 e. The summed E-state index contributed by atoms with van der Waals surface area (Å²) in [5.74, 6) is 0.839. The zero-order valence-corrected chi connectivity index (χ0v) is 14.3. The third-order valence-corrected chi connectivity index (χ3v) is 3.63. The molecule has 0 spiro atoms. The van der Waals surface area contributed by atoms with Crippen molar-refractivity contribution in [3.05, 3.63) is 53.9 Å². The summed E-state index contributed by atoms with van der Waals surface area (Å²) in [5, 5.41) is 4.15. The van der Waals surface area contributed by atoms with Crippen LogP contribution in [0.25, 0.3) is 16.5 Å². The van der Waals surface area contributed by atoms with Crippen molar-refractivity contribution in [3.8, 4) is 5.75 Å². The first-order valence-corrected chi connectivity index (χ1v) is 7.63. The molecule has 0 aliphatic carbocycles. The number of benzene rings is 1. The number of aryl methyl sites for hydroxylation is 1. The number of allylic oxidation sites excluding steroid dienone is 3. The Morgan fingerprint density at radius 2 is 2.09 bits per heavy atom. The molecule has 2 rings (SSSR count). The first kappa shape index (κ1) is 17.0. The molecule has 1 aromatic carbocycles. The Hall–Kier alpha value is -2.33. The van der Waals surface area contributed by atoms with Gasteiger partial charge >= 0.3 is 0 Å². The van der Waals surface area contributed by atoms with Crippen LogP contribution in [0.3, 0.4) is 0 Å². The largest absolute Gasteiger partial charge is 0.491 e. The number of pyridine rings is 1. The number of hydrogen-bond donors (Lipinski definition) is 1. The second-order valence-electron chi connectivity index (χ2n) is 5.45. The fourth-order valence-electron chi connectivity index (χ4n) is 2.29. The van der Waals surface area contributed by atoms with Crippen molar-refractivity contribution in [2.24, 2.45) is 0 Å². The average molecular weight is 312 g/mol. The van der Waals surface area contributed by atoms with E-state index in [1.54, 1.807) is 7.11 Å². The van der Waals surface area contributed by atoms with E-state index in [0.717, 1.165) is 39.2 Å². The van der Waals surface area contributed by atoms with E-state index >= 15 is 0 Å². The number of aromatic nitrogens is 1. The minimum atomic E-state index is 0.540. The van der Waals surface area contributed by atoms with Gasteiger partial charge in [-0.3, -0.25) is 0 Å². The first-order valence-electron chi connectivity index (χ1n) is 7.63. The van der Waals surface area contributed by atoms with Crippen LogP contribution in [-0.4, -0.2) is 32.4 Å². The summed E-state index contributed by atoms with van der Waals surface area (Å²) < 4.78 is 10.7. The van der Waals surface area contributed by atoms with Gasteiger partial charge < -0.3 is 14.8 Å². The standard InChI is InChI=1S/C19H24N2O2/c1-13(10-15(3)20-4)18-7-6-16-12-17(23-9-8-22-5)11-14(2)19(16)21-18/h6-7,10-12,20H,1,8-9H2,2-5H3/b15-10+. The van der Waals surface area contributed by atoms with Gasteiger partial charge in [0.1, 0.15) is 12.4 Å². The molecule has 4 heteroatoms. The molecule has 0 bridgehead atoms. The molecule has 0 unspecified atom stereocenters. The quantitative estimate of drug-likeness (QED) is 0.625. The molecular weight excluding hydrogens is 288 g/mol. The van der Waals surface area contributed by atoms with Gasteiger partial charge in [0, 0.05) is 25.2 Å². The molecule has 1 aromatic heterocycles. The van der Waals surface area contributed by atoms with E-state index in [-0.39, 0.29) is 0 Å².